The third kappa shape index (κ3) is 5.42. The zero-order valence-electron chi connectivity index (χ0n) is 15.0. The van der Waals surface area contributed by atoms with Gasteiger partial charge in [0.25, 0.3) is 5.91 Å². The van der Waals surface area contributed by atoms with Crippen LogP contribution in [0.5, 0.6) is 0 Å². The number of aromatic nitrogens is 2. The Morgan fingerprint density at radius 2 is 1.93 bits per heavy atom. The summed E-state index contributed by atoms with van der Waals surface area (Å²) in [4.78, 5) is 20.8. The van der Waals surface area contributed by atoms with Crippen LogP contribution >= 0.6 is 11.8 Å². The number of thioether (sulfide) groups is 1. The van der Waals surface area contributed by atoms with Crippen LogP contribution in [-0.4, -0.2) is 27.6 Å². The first-order valence-corrected chi connectivity index (χ1v) is 9.61. The molecule has 3 aromatic rings. The molecule has 27 heavy (non-hydrogen) atoms. The van der Waals surface area contributed by atoms with Gasteiger partial charge < -0.3 is 14.8 Å². The highest BCUT2D eigenvalue weighted by atomic mass is 32.2. The molecule has 1 amide bonds. The number of hydrogen-bond donors (Lipinski definition) is 2. The van der Waals surface area contributed by atoms with E-state index in [1.54, 1.807) is 30.6 Å². The number of carbonyl (C=O) groups is 1. The van der Waals surface area contributed by atoms with Gasteiger partial charge in [-0.3, -0.25) is 4.79 Å². The van der Waals surface area contributed by atoms with Crippen molar-refractivity contribution in [2.45, 2.75) is 30.3 Å². The highest BCUT2D eigenvalue weighted by Gasteiger charge is 2.18. The second-order valence-corrected chi connectivity index (χ2v) is 6.98. The summed E-state index contributed by atoms with van der Waals surface area (Å²) in [5, 5.41) is 12.9. The maximum atomic E-state index is 12.5. The van der Waals surface area contributed by atoms with Crippen molar-refractivity contribution in [3.63, 3.8) is 0 Å². The van der Waals surface area contributed by atoms with Crippen molar-refractivity contribution in [2.75, 3.05) is 6.61 Å². The predicted octanol–water partition coefficient (Wildman–Crippen LogP) is 3.52. The van der Waals surface area contributed by atoms with Crippen molar-refractivity contribution in [1.29, 1.82) is 0 Å². The van der Waals surface area contributed by atoms with Crippen molar-refractivity contribution in [2.24, 2.45) is 0 Å². The molecule has 0 radical (unpaired) electrons. The molecule has 0 aliphatic heterocycles. The molecule has 6 nitrogen and oxygen atoms in total. The Balaban J connectivity index is 1.62. The van der Waals surface area contributed by atoms with Crippen LogP contribution in [0.2, 0.25) is 0 Å². The number of nitrogens with one attached hydrogen (secondary N) is 1. The number of carbonyl (C=O) groups excluding carboxylic acids is 1. The van der Waals surface area contributed by atoms with E-state index in [9.17, 15) is 9.90 Å². The summed E-state index contributed by atoms with van der Waals surface area (Å²) in [6.45, 7) is 1.99. The van der Waals surface area contributed by atoms with E-state index in [1.807, 2.05) is 31.2 Å². The molecule has 1 unspecified atom stereocenters. The zero-order chi connectivity index (χ0) is 19.1. The molecule has 1 aromatic carbocycles. The summed E-state index contributed by atoms with van der Waals surface area (Å²) in [5.74, 6) is 1.15. The Morgan fingerprint density at radius 1 is 1.19 bits per heavy atom. The van der Waals surface area contributed by atoms with Crippen molar-refractivity contribution in [3.05, 3.63) is 77.5 Å². The number of furan rings is 1. The normalized spacial score (nSPS) is 11.9. The molecule has 3 rings (SSSR count). The quantitative estimate of drug-likeness (QED) is 0.457. The van der Waals surface area contributed by atoms with Crippen LogP contribution in [0.4, 0.5) is 0 Å². The fourth-order valence-corrected chi connectivity index (χ4v) is 3.25. The van der Waals surface area contributed by atoms with E-state index in [0.29, 0.717) is 23.1 Å². The van der Waals surface area contributed by atoms with E-state index >= 15 is 0 Å². The molecule has 0 saturated heterocycles. The number of benzene rings is 1. The van der Waals surface area contributed by atoms with E-state index < -0.39 is 0 Å². The van der Waals surface area contributed by atoms with Gasteiger partial charge in [0.1, 0.15) is 5.76 Å². The first kappa shape index (κ1) is 19.1. The fraction of sp³-hybridized carbons (Fsp3) is 0.250. The fourth-order valence-electron chi connectivity index (χ4n) is 2.55. The van der Waals surface area contributed by atoms with E-state index in [1.165, 1.54) is 11.8 Å². The molecule has 0 aliphatic rings. The molecule has 2 aromatic heterocycles. The van der Waals surface area contributed by atoms with Gasteiger partial charge >= 0.3 is 0 Å². The van der Waals surface area contributed by atoms with Crippen molar-refractivity contribution in [3.8, 4) is 0 Å². The minimum absolute atomic E-state index is 0.0179. The van der Waals surface area contributed by atoms with Gasteiger partial charge in [-0.15, -0.1) is 0 Å². The third-order valence-corrected chi connectivity index (χ3v) is 4.87. The monoisotopic (exact) mass is 383 g/mol. The molecule has 0 bridgehead atoms. The van der Waals surface area contributed by atoms with E-state index in [2.05, 4.69) is 15.3 Å². The lowest BCUT2D eigenvalue weighted by Gasteiger charge is -2.17. The van der Waals surface area contributed by atoms with Gasteiger partial charge in [-0.05, 0) is 37.1 Å². The van der Waals surface area contributed by atoms with Crippen LogP contribution in [0.1, 0.15) is 39.9 Å². The summed E-state index contributed by atoms with van der Waals surface area (Å²) in [6, 6.07) is 12.8. The van der Waals surface area contributed by atoms with Gasteiger partial charge in [0.05, 0.1) is 11.8 Å². The lowest BCUT2D eigenvalue weighted by molar-refractivity contribution is 0.0900. The number of aliphatic hydroxyl groups is 1. The summed E-state index contributed by atoms with van der Waals surface area (Å²) in [5.41, 5.74) is 2.09. The van der Waals surface area contributed by atoms with Crippen molar-refractivity contribution in [1.82, 2.24) is 15.3 Å². The van der Waals surface area contributed by atoms with Gasteiger partial charge in [-0.25, -0.2) is 9.97 Å². The second-order valence-electron chi connectivity index (χ2n) is 6.04. The number of rotatable bonds is 8. The summed E-state index contributed by atoms with van der Waals surface area (Å²) in [6.07, 6.45) is 3.80. The third-order valence-electron chi connectivity index (χ3n) is 3.97. The summed E-state index contributed by atoms with van der Waals surface area (Å²) in [7, 11) is 0. The Bertz CT molecular complexity index is 866. The average molecular weight is 383 g/mol. The topological polar surface area (TPSA) is 88.2 Å². The van der Waals surface area contributed by atoms with Crippen molar-refractivity contribution < 1.29 is 14.3 Å². The first-order valence-electron chi connectivity index (χ1n) is 8.62. The average Bonchev–Trinajstić information content (AvgIpc) is 3.17. The van der Waals surface area contributed by atoms with Crippen LogP contribution in [0.3, 0.4) is 0 Å². The smallest absolute Gasteiger partial charge is 0.287 e. The molecule has 0 aliphatic carbocycles. The van der Waals surface area contributed by atoms with E-state index in [-0.39, 0.29) is 24.3 Å². The van der Waals surface area contributed by atoms with Gasteiger partial charge in [-0.2, -0.15) is 0 Å². The summed E-state index contributed by atoms with van der Waals surface area (Å²) < 4.78 is 5.65. The Labute approximate surface area is 162 Å². The van der Waals surface area contributed by atoms with Crippen LogP contribution in [0.15, 0.2) is 64.4 Å². The van der Waals surface area contributed by atoms with Crippen molar-refractivity contribution >= 4 is 17.7 Å². The Morgan fingerprint density at radius 3 is 2.63 bits per heavy atom. The highest BCUT2D eigenvalue weighted by Crippen LogP contribution is 2.22. The van der Waals surface area contributed by atoms with Gasteiger partial charge in [0, 0.05) is 19.0 Å². The SMILES string of the molecule is Cc1ccc(C(CCO)NC(=O)c2ccc(CSc3ncccn3)o2)cc1. The molecule has 140 valence electrons. The number of nitrogens with zero attached hydrogens (tertiary/aromatic N) is 2. The lowest BCUT2D eigenvalue weighted by Crippen LogP contribution is -2.29. The predicted molar refractivity (Wildman–Crippen MR) is 103 cm³/mol. The largest absolute Gasteiger partial charge is 0.455 e. The molecule has 2 N–H and O–H groups in total. The van der Waals surface area contributed by atoms with Crippen LogP contribution in [-0.2, 0) is 5.75 Å². The molecule has 0 fully saturated rings. The highest BCUT2D eigenvalue weighted by molar-refractivity contribution is 7.98. The maximum Gasteiger partial charge on any atom is 0.287 e. The Hall–Kier alpha value is -2.64. The molecular weight excluding hydrogens is 362 g/mol. The molecule has 0 saturated carbocycles. The number of aliphatic hydroxyl groups excluding tert-OH is 1. The van der Waals surface area contributed by atoms with Gasteiger partial charge in [0.2, 0.25) is 0 Å². The lowest BCUT2D eigenvalue weighted by atomic mass is 10.0. The van der Waals surface area contributed by atoms with Crippen LogP contribution in [0.25, 0.3) is 0 Å². The standard InChI is InChI=1S/C20H21N3O3S/c1-14-3-5-15(6-4-14)17(9-12-24)23-19(25)18-8-7-16(26-18)13-27-20-21-10-2-11-22-20/h2-8,10-11,17,24H,9,12-13H2,1H3,(H,23,25). The minimum atomic E-state index is -0.304. The van der Waals surface area contributed by atoms with Crippen LogP contribution in [0, 0.1) is 6.92 Å². The Kier molecular flexibility index (Phi) is 6.62. The number of aryl methyl sites for hydroxylation is 1. The number of hydrogen-bond acceptors (Lipinski definition) is 6. The first-order chi connectivity index (χ1) is 13.2. The van der Waals surface area contributed by atoms with Gasteiger partial charge in [-0.1, -0.05) is 41.6 Å². The molecular formula is C20H21N3O3S. The molecule has 2 heterocycles. The number of amides is 1. The van der Waals surface area contributed by atoms with Gasteiger partial charge in [0.15, 0.2) is 10.9 Å². The molecule has 7 heteroatoms. The molecule has 1 atom stereocenters. The van der Waals surface area contributed by atoms with E-state index in [4.69, 9.17) is 4.42 Å². The van der Waals surface area contributed by atoms with Crippen LogP contribution < -0.4 is 5.32 Å². The minimum Gasteiger partial charge on any atom is -0.455 e. The maximum absolute atomic E-state index is 12.5. The molecule has 0 spiro atoms. The zero-order valence-corrected chi connectivity index (χ0v) is 15.8. The van der Waals surface area contributed by atoms with E-state index in [0.717, 1.165) is 11.1 Å². The second kappa shape index (κ2) is 9.34. The summed E-state index contributed by atoms with van der Waals surface area (Å²) >= 11 is 1.44.